The third-order valence-electron chi connectivity index (χ3n) is 3.79. The van der Waals surface area contributed by atoms with Gasteiger partial charge in [0.1, 0.15) is 12.6 Å². The maximum atomic E-state index is 12.3. The number of carbonyl (C=O) groups is 3. The highest BCUT2D eigenvalue weighted by Gasteiger charge is 2.38. The number of rotatable bonds is 4. The lowest BCUT2D eigenvalue weighted by Crippen LogP contribution is -2.40. The first-order valence-corrected chi connectivity index (χ1v) is 6.97. The van der Waals surface area contributed by atoms with Gasteiger partial charge in [-0.25, -0.2) is 4.79 Å². The van der Waals surface area contributed by atoms with E-state index in [1.165, 1.54) is 7.05 Å². The monoisotopic (exact) mass is 300 g/mol. The van der Waals surface area contributed by atoms with Gasteiger partial charge >= 0.3 is 6.03 Å². The predicted octanol–water partition coefficient (Wildman–Crippen LogP) is 0.377. The van der Waals surface area contributed by atoms with Crippen LogP contribution in [0.3, 0.4) is 0 Å². The number of imide groups is 1. The number of hydrogen-bond donors (Lipinski definition) is 3. The van der Waals surface area contributed by atoms with E-state index in [9.17, 15) is 14.4 Å². The standard InChI is InChI=1S/C15H16N4O3/c1-16-13(20)8-19-14(21)12(18-15(19)22)6-9-7-17-11-5-3-2-4-10(9)11/h2-5,7,12,17H,6,8H2,1H3,(H,16,20)(H,18,22)/t12-/m1/s1. The summed E-state index contributed by atoms with van der Waals surface area (Å²) in [5, 5.41) is 6.05. The van der Waals surface area contributed by atoms with Crippen molar-refractivity contribution < 1.29 is 14.4 Å². The molecular weight excluding hydrogens is 284 g/mol. The molecule has 0 radical (unpaired) electrons. The molecule has 2 aromatic rings. The molecule has 4 amide bonds. The van der Waals surface area contributed by atoms with Crippen molar-refractivity contribution in [1.82, 2.24) is 20.5 Å². The van der Waals surface area contributed by atoms with E-state index in [-0.39, 0.29) is 18.4 Å². The van der Waals surface area contributed by atoms with Crippen LogP contribution in [0.1, 0.15) is 5.56 Å². The summed E-state index contributed by atoms with van der Waals surface area (Å²) in [6, 6.07) is 6.59. The van der Waals surface area contributed by atoms with Crippen LogP contribution in [-0.2, 0) is 16.0 Å². The van der Waals surface area contributed by atoms with Gasteiger partial charge in [-0.3, -0.25) is 14.5 Å². The summed E-state index contributed by atoms with van der Waals surface area (Å²) in [6.45, 7) is -0.258. The van der Waals surface area contributed by atoms with Gasteiger partial charge in [-0.1, -0.05) is 18.2 Å². The Bertz CT molecular complexity index is 752. The Morgan fingerprint density at radius 2 is 2.09 bits per heavy atom. The van der Waals surface area contributed by atoms with Gasteiger partial charge in [-0.2, -0.15) is 0 Å². The first kappa shape index (κ1) is 14.1. The van der Waals surface area contributed by atoms with E-state index in [1.807, 2.05) is 30.5 Å². The second-order valence-corrected chi connectivity index (χ2v) is 5.16. The topological polar surface area (TPSA) is 94.3 Å². The highest BCUT2D eigenvalue weighted by atomic mass is 16.2. The fourth-order valence-corrected chi connectivity index (χ4v) is 2.61. The van der Waals surface area contributed by atoms with Crippen LogP contribution in [0.2, 0.25) is 0 Å². The van der Waals surface area contributed by atoms with Gasteiger partial charge in [0.2, 0.25) is 5.91 Å². The lowest BCUT2D eigenvalue weighted by molar-refractivity contribution is -0.132. The normalized spacial score (nSPS) is 17.9. The molecule has 22 heavy (non-hydrogen) atoms. The molecule has 1 aliphatic heterocycles. The molecule has 1 fully saturated rings. The molecule has 3 N–H and O–H groups in total. The van der Waals surface area contributed by atoms with E-state index < -0.39 is 12.1 Å². The molecule has 1 saturated heterocycles. The number of fused-ring (bicyclic) bond motifs is 1. The van der Waals surface area contributed by atoms with Crippen LogP contribution in [-0.4, -0.2) is 47.4 Å². The fraction of sp³-hybridized carbons (Fsp3) is 0.267. The average Bonchev–Trinajstić information content (AvgIpc) is 3.04. The quantitative estimate of drug-likeness (QED) is 0.712. The van der Waals surface area contributed by atoms with Crippen molar-refractivity contribution in [2.75, 3.05) is 13.6 Å². The lowest BCUT2D eigenvalue weighted by atomic mass is 10.1. The number of aromatic nitrogens is 1. The van der Waals surface area contributed by atoms with E-state index in [0.29, 0.717) is 6.42 Å². The molecule has 0 spiro atoms. The van der Waals surface area contributed by atoms with Gasteiger partial charge in [-0.05, 0) is 11.6 Å². The second-order valence-electron chi connectivity index (χ2n) is 5.16. The van der Waals surface area contributed by atoms with Gasteiger partial charge < -0.3 is 15.6 Å². The molecule has 2 heterocycles. The van der Waals surface area contributed by atoms with Crippen LogP contribution < -0.4 is 10.6 Å². The molecule has 114 valence electrons. The minimum absolute atomic E-state index is 0.258. The highest BCUT2D eigenvalue weighted by Crippen LogP contribution is 2.21. The van der Waals surface area contributed by atoms with Gasteiger partial charge in [0, 0.05) is 30.6 Å². The molecule has 1 aliphatic rings. The Morgan fingerprint density at radius 3 is 2.86 bits per heavy atom. The van der Waals surface area contributed by atoms with Crippen molar-refractivity contribution in [3.05, 3.63) is 36.0 Å². The van der Waals surface area contributed by atoms with Crippen LogP contribution >= 0.6 is 0 Å². The molecule has 0 saturated carbocycles. The Balaban J connectivity index is 1.77. The van der Waals surface area contributed by atoms with E-state index in [4.69, 9.17) is 0 Å². The number of aromatic amines is 1. The molecule has 3 rings (SSSR count). The summed E-state index contributed by atoms with van der Waals surface area (Å²) in [5.74, 6) is -0.755. The first-order chi connectivity index (χ1) is 10.6. The van der Waals surface area contributed by atoms with E-state index in [2.05, 4.69) is 15.6 Å². The van der Waals surface area contributed by atoms with Crippen LogP contribution in [0, 0.1) is 0 Å². The number of likely N-dealkylation sites (N-methyl/N-ethyl adjacent to an activating group) is 1. The SMILES string of the molecule is CNC(=O)CN1C(=O)N[C@H](Cc2c[nH]c3ccccc23)C1=O. The van der Waals surface area contributed by atoms with Crippen LogP contribution in [0.15, 0.2) is 30.5 Å². The second kappa shape index (κ2) is 5.51. The number of para-hydroxylation sites is 1. The van der Waals surface area contributed by atoms with E-state index in [0.717, 1.165) is 21.4 Å². The zero-order valence-corrected chi connectivity index (χ0v) is 12.1. The number of nitrogens with one attached hydrogen (secondary N) is 3. The summed E-state index contributed by atoms with van der Waals surface area (Å²) >= 11 is 0. The van der Waals surface area contributed by atoms with E-state index >= 15 is 0 Å². The summed E-state index contributed by atoms with van der Waals surface area (Å²) in [4.78, 5) is 39.6. The van der Waals surface area contributed by atoms with Crippen molar-refractivity contribution in [1.29, 1.82) is 0 Å². The van der Waals surface area contributed by atoms with E-state index in [1.54, 1.807) is 0 Å². The smallest absolute Gasteiger partial charge is 0.325 e. The van der Waals surface area contributed by atoms with Crippen molar-refractivity contribution in [2.24, 2.45) is 0 Å². The Morgan fingerprint density at radius 1 is 1.32 bits per heavy atom. The number of urea groups is 1. The van der Waals surface area contributed by atoms with Crippen LogP contribution in [0.25, 0.3) is 10.9 Å². The maximum absolute atomic E-state index is 12.3. The minimum atomic E-state index is -0.642. The molecule has 0 aliphatic carbocycles. The van der Waals surface area contributed by atoms with Crippen molar-refractivity contribution in [3.8, 4) is 0 Å². The van der Waals surface area contributed by atoms with Crippen LogP contribution in [0.5, 0.6) is 0 Å². The van der Waals surface area contributed by atoms with Crippen LogP contribution in [0.4, 0.5) is 4.79 Å². The van der Waals surface area contributed by atoms with Crippen molar-refractivity contribution in [3.63, 3.8) is 0 Å². The first-order valence-electron chi connectivity index (χ1n) is 6.97. The van der Waals surface area contributed by atoms with Gasteiger partial charge in [0.25, 0.3) is 5.91 Å². The number of carbonyl (C=O) groups excluding carboxylic acids is 3. The molecule has 1 aromatic carbocycles. The third-order valence-corrected chi connectivity index (χ3v) is 3.79. The third kappa shape index (κ3) is 2.41. The maximum Gasteiger partial charge on any atom is 0.325 e. The zero-order valence-electron chi connectivity index (χ0n) is 12.1. The minimum Gasteiger partial charge on any atom is -0.361 e. The van der Waals surface area contributed by atoms with Crippen molar-refractivity contribution in [2.45, 2.75) is 12.5 Å². The molecule has 0 unspecified atom stereocenters. The molecule has 1 atom stereocenters. The highest BCUT2D eigenvalue weighted by molar-refractivity contribution is 6.06. The number of H-pyrrole nitrogens is 1. The fourth-order valence-electron chi connectivity index (χ4n) is 2.61. The number of hydrogen-bond acceptors (Lipinski definition) is 3. The molecular formula is C15H16N4O3. The Kier molecular flexibility index (Phi) is 3.54. The summed E-state index contributed by atoms with van der Waals surface area (Å²) in [7, 11) is 1.46. The number of nitrogens with zero attached hydrogens (tertiary/aromatic N) is 1. The number of benzene rings is 1. The van der Waals surface area contributed by atoms with Gasteiger partial charge in [-0.15, -0.1) is 0 Å². The summed E-state index contributed by atoms with van der Waals surface area (Å²) < 4.78 is 0. The summed E-state index contributed by atoms with van der Waals surface area (Å²) in [5.41, 5.74) is 1.94. The largest absolute Gasteiger partial charge is 0.361 e. The predicted molar refractivity (Wildman–Crippen MR) is 80.1 cm³/mol. The molecule has 7 nitrogen and oxygen atoms in total. The zero-order chi connectivity index (χ0) is 15.7. The molecule has 7 heteroatoms. The molecule has 0 bridgehead atoms. The number of amides is 4. The van der Waals surface area contributed by atoms with Gasteiger partial charge in [0.15, 0.2) is 0 Å². The Labute approximate surface area is 126 Å². The van der Waals surface area contributed by atoms with Gasteiger partial charge in [0.05, 0.1) is 0 Å². The van der Waals surface area contributed by atoms with Crippen molar-refractivity contribution >= 4 is 28.7 Å². The molecule has 1 aromatic heterocycles. The Hall–Kier alpha value is -2.83. The summed E-state index contributed by atoms with van der Waals surface area (Å²) in [6.07, 6.45) is 2.23. The average molecular weight is 300 g/mol. The lowest BCUT2D eigenvalue weighted by Gasteiger charge is -2.11.